The lowest BCUT2D eigenvalue weighted by Gasteiger charge is -2.38. The lowest BCUT2D eigenvalue weighted by Crippen LogP contribution is -2.71. The lowest BCUT2D eigenvalue weighted by atomic mass is 10.4. The summed E-state index contributed by atoms with van der Waals surface area (Å²) in [5.74, 6) is 0. The Balaban J connectivity index is 2.19. The maximum atomic E-state index is 6.84. The Hall–Kier alpha value is -2.07. The minimum Gasteiger partial charge on any atom is -0.391 e. The summed E-state index contributed by atoms with van der Waals surface area (Å²) in [5.41, 5.74) is 0. The molecular formula is C21H24O4Si2. The minimum absolute atomic E-state index is 0.899. The third-order valence-corrected chi connectivity index (χ3v) is 11.6. The molecule has 0 N–H and O–H groups in total. The topological polar surface area (TPSA) is 36.9 Å². The van der Waals surface area contributed by atoms with Crippen molar-refractivity contribution >= 4 is 32.9 Å². The first-order valence-corrected chi connectivity index (χ1v) is 12.3. The summed E-state index contributed by atoms with van der Waals surface area (Å²) in [5, 5.41) is 2.90. The van der Waals surface area contributed by atoms with E-state index in [4.69, 9.17) is 17.4 Å². The van der Waals surface area contributed by atoms with Gasteiger partial charge >= 0.3 is 17.4 Å². The molecular weight excluding hydrogens is 372 g/mol. The molecule has 0 atom stereocenters. The quantitative estimate of drug-likeness (QED) is 0.546. The fourth-order valence-electron chi connectivity index (χ4n) is 3.17. The van der Waals surface area contributed by atoms with Gasteiger partial charge in [0.1, 0.15) is 0 Å². The molecule has 0 heterocycles. The Bertz CT molecular complexity index is 785. The van der Waals surface area contributed by atoms with Gasteiger partial charge < -0.3 is 17.4 Å². The minimum atomic E-state index is -3.20. The van der Waals surface area contributed by atoms with Crippen LogP contribution in [-0.4, -0.2) is 38.7 Å². The highest BCUT2D eigenvalue weighted by Gasteiger charge is 2.54. The molecule has 0 aliphatic carbocycles. The van der Waals surface area contributed by atoms with Crippen molar-refractivity contribution in [2.45, 2.75) is 0 Å². The van der Waals surface area contributed by atoms with Crippen LogP contribution in [-0.2, 0) is 17.4 Å². The summed E-state index contributed by atoms with van der Waals surface area (Å²) in [7, 11) is -1.31. The Kier molecular flexibility index (Phi) is 6.38. The molecule has 140 valence electrons. The van der Waals surface area contributed by atoms with Gasteiger partial charge in [-0.05, 0) is 10.4 Å². The van der Waals surface area contributed by atoms with Crippen LogP contribution in [0, 0.1) is 0 Å². The summed E-state index contributed by atoms with van der Waals surface area (Å²) < 4.78 is 24.9. The molecule has 0 saturated heterocycles. The van der Waals surface area contributed by atoms with Crippen LogP contribution in [0.15, 0.2) is 91.0 Å². The maximum Gasteiger partial charge on any atom is 0.528 e. The van der Waals surface area contributed by atoms with Gasteiger partial charge in [0, 0.05) is 26.5 Å². The van der Waals surface area contributed by atoms with E-state index in [0.717, 1.165) is 15.6 Å². The molecule has 0 saturated carbocycles. The molecule has 0 aliphatic heterocycles. The van der Waals surface area contributed by atoms with Crippen LogP contribution in [0.1, 0.15) is 0 Å². The highest BCUT2D eigenvalue weighted by atomic mass is 28.5. The normalized spacial score (nSPS) is 12.1. The van der Waals surface area contributed by atoms with Crippen molar-refractivity contribution in [3.63, 3.8) is 0 Å². The van der Waals surface area contributed by atoms with Gasteiger partial charge in [-0.15, -0.1) is 0 Å². The van der Waals surface area contributed by atoms with Crippen LogP contribution in [0.2, 0.25) is 0 Å². The molecule has 0 unspecified atom stereocenters. The SMILES string of the molecule is CO[Si](OC)(O[Si](OC)(c1ccccc1)c1ccccc1)c1ccccc1. The average molecular weight is 397 g/mol. The molecule has 0 amide bonds. The van der Waals surface area contributed by atoms with Gasteiger partial charge in [-0.1, -0.05) is 91.0 Å². The van der Waals surface area contributed by atoms with E-state index < -0.39 is 17.4 Å². The summed E-state index contributed by atoms with van der Waals surface area (Å²) in [6.45, 7) is 0. The van der Waals surface area contributed by atoms with Crippen molar-refractivity contribution in [1.29, 1.82) is 0 Å². The fourth-order valence-corrected chi connectivity index (χ4v) is 10.4. The Morgan fingerprint density at radius 3 is 1.19 bits per heavy atom. The van der Waals surface area contributed by atoms with Crippen LogP contribution >= 0.6 is 0 Å². The van der Waals surface area contributed by atoms with E-state index >= 15 is 0 Å². The second-order valence-corrected chi connectivity index (χ2v) is 12.1. The standard InChI is InChI=1S/C21H24O4Si2/c1-22-26(19-13-7-4-8-14-19,20-15-9-5-10-16-20)25-27(23-2,24-3)21-17-11-6-12-18-21/h4-18H,1-3H3. The van der Waals surface area contributed by atoms with Crippen molar-refractivity contribution in [2.75, 3.05) is 21.3 Å². The molecule has 3 rings (SSSR count). The molecule has 0 aromatic heterocycles. The third kappa shape index (κ3) is 3.82. The zero-order chi connectivity index (χ0) is 19.2. The second kappa shape index (κ2) is 8.75. The molecule has 0 fully saturated rings. The number of benzene rings is 3. The summed E-state index contributed by atoms with van der Waals surface area (Å²) in [6, 6.07) is 29.9. The van der Waals surface area contributed by atoms with Crippen molar-refractivity contribution in [2.24, 2.45) is 0 Å². The van der Waals surface area contributed by atoms with Gasteiger partial charge in [0.2, 0.25) is 0 Å². The fraction of sp³-hybridized carbons (Fsp3) is 0.143. The van der Waals surface area contributed by atoms with E-state index in [-0.39, 0.29) is 0 Å². The van der Waals surface area contributed by atoms with E-state index in [0.29, 0.717) is 0 Å². The molecule has 0 bridgehead atoms. The molecule has 0 radical (unpaired) electrons. The van der Waals surface area contributed by atoms with Gasteiger partial charge in [-0.2, -0.15) is 0 Å². The molecule has 3 aromatic carbocycles. The monoisotopic (exact) mass is 396 g/mol. The van der Waals surface area contributed by atoms with Crippen LogP contribution in [0.5, 0.6) is 0 Å². The first-order valence-electron chi connectivity index (χ1n) is 8.73. The Morgan fingerprint density at radius 2 is 0.852 bits per heavy atom. The zero-order valence-corrected chi connectivity index (χ0v) is 17.8. The van der Waals surface area contributed by atoms with Crippen molar-refractivity contribution in [3.05, 3.63) is 91.0 Å². The molecule has 4 nitrogen and oxygen atoms in total. The summed E-state index contributed by atoms with van der Waals surface area (Å²) >= 11 is 0. The van der Waals surface area contributed by atoms with E-state index in [2.05, 4.69) is 0 Å². The van der Waals surface area contributed by atoms with E-state index in [1.54, 1.807) is 21.3 Å². The smallest absolute Gasteiger partial charge is 0.391 e. The Morgan fingerprint density at radius 1 is 0.481 bits per heavy atom. The van der Waals surface area contributed by atoms with Gasteiger partial charge in [-0.25, -0.2) is 0 Å². The number of hydrogen-bond acceptors (Lipinski definition) is 4. The van der Waals surface area contributed by atoms with Crippen LogP contribution in [0.4, 0.5) is 0 Å². The first-order chi connectivity index (χ1) is 13.2. The first kappa shape index (κ1) is 19.7. The van der Waals surface area contributed by atoms with E-state index in [1.807, 2.05) is 91.0 Å². The number of rotatable bonds is 8. The van der Waals surface area contributed by atoms with Crippen molar-refractivity contribution < 1.29 is 17.4 Å². The van der Waals surface area contributed by atoms with Crippen LogP contribution < -0.4 is 15.6 Å². The zero-order valence-electron chi connectivity index (χ0n) is 15.8. The Labute approximate surface area is 162 Å². The lowest BCUT2D eigenvalue weighted by molar-refractivity contribution is 0.158. The summed E-state index contributed by atoms with van der Waals surface area (Å²) in [4.78, 5) is 0. The summed E-state index contributed by atoms with van der Waals surface area (Å²) in [6.07, 6.45) is 0. The molecule has 3 aromatic rings. The molecule has 0 aliphatic rings. The van der Waals surface area contributed by atoms with Crippen molar-refractivity contribution in [1.82, 2.24) is 0 Å². The third-order valence-electron chi connectivity index (χ3n) is 4.54. The predicted octanol–water partition coefficient (Wildman–Crippen LogP) is 2.04. The van der Waals surface area contributed by atoms with Gasteiger partial charge in [0.15, 0.2) is 0 Å². The largest absolute Gasteiger partial charge is 0.528 e. The van der Waals surface area contributed by atoms with Gasteiger partial charge in [0.25, 0.3) is 0 Å². The second-order valence-electron chi connectivity index (χ2n) is 5.99. The van der Waals surface area contributed by atoms with E-state index in [9.17, 15) is 0 Å². The van der Waals surface area contributed by atoms with Crippen molar-refractivity contribution in [3.8, 4) is 0 Å². The highest BCUT2D eigenvalue weighted by Crippen LogP contribution is 2.18. The van der Waals surface area contributed by atoms with Gasteiger partial charge in [0.05, 0.1) is 0 Å². The van der Waals surface area contributed by atoms with Gasteiger partial charge in [-0.3, -0.25) is 0 Å². The molecule has 0 spiro atoms. The predicted molar refractivity (Wildman–Crippen MR) is 112 cm³/mol. The number of hydrogen-bond donors (Lipinski definition) is 0. The van der Waals surface area contributed by atoms with Crippen LogP contribution in [0.25, 0.3) is 0 Å². The molecule has 27 heavy (non-hydrogen) atoms. The maximum absolute atomic E-state index is 6.84. The highest BCUT2D eigenvalue weighted by molar-refractivity contribution is 6.98. The van der Waals surface area contributed by atoms with E-state index in [1.165, 1.54) is 0 Å². The van der Waals surface area contributed by atoms with Crippen LogP contribution in [0.3, 0.4) is 0 Å². The average Bonchev–Trinajstić information content (AvgIpc) is 2.77. The molecule has 6 heteroatoms.